The first kappa shape index (κ1) is 22.5. The second-order valence-electron chi connectivity index (χ2n) is 7.18. The summed E-state index contributed by atoms with van der Waals surface area (Å²) in [4.78, 5) is 17.7. The van der Waals surface area contributed by atoms with Crippen LogP contribution in [0.3, 0.4) is 0 Å². The maximum atomic E-state index is 11.7. The van der Waals surface area contributed by atoms with Crippen LogP contribution in [0, 0.1) is 11.3 Å². The van der Waals surface area contributed by atoms with Crippen LogP contribution < -0.4 is 10.6 Å². The number of hydrogen-bond acceptors (Lipinski definition) is 2. The molecule has 2 N–H and O–H groups in total. The lowest BCUT2D eigenvalue weighted by Crippen LogP contribution is -2.47. The summed E-state index contributed by atoms with van der Waals surface area (Å²) in [5.74, 6) is 1.52. The van der Waals surface area contributed by atoms with Crippen LogP contribution >= 0.6 is 24.0 Å². The number of aliphatic imine (C=N–C) groups is 1. The molecule has 1 saturated carbocycles. The smallest absolute Gasteiger partial charge is 0.243 e. The zero-order valence-electron chi connectivity index (χ0n) is 15.4. The molecule has 1 rings (SSSR count). The normalized spacial score (nSPS) is 16.3. The van der Waals surface area contributed by atoms with Crippen LogP contribution in [0.1, 0.15) is 52.9 Å². The molecule has 1 amide bonds. The monoisotopic (exact) mass is 438 g/mol. The fourth-order valence-corrected chi connectivity index (χ4v) is 2.97. The van der Waals surface area contributed by atoms with Crippen molar-refractivity contribution >= 4 is 35.8 Å². The number of likely N-dealkylation sites (N-methyl/N-ethyl adjacent to an activating group) is 1. The van der Waals surface area contributed by atoms with Crippen molar-refractivity contribution in [2.45, 2.75) is 52.9 Å². The van der Waals surface area contributed by atoms with Gasteiger partial charge in [-0.1, -0.05) is 27.2 Å². The van der Waals surface area contributed by atoms with E-state index in [2.05, 4.69) is 36.4 Å². The number of nitrogens with one attached hydrogen (secondary N) is 2. The number of carbonyl (C=O) groups is 1. The Morgan fingerprint density at radius 1 is 1.26 bits per heavy atom. The molecule has 1 aliphatic carbocycles. The Bertz CT molecular complexity index is 379. The van der Waals surface area contributed by atoms with E-state index in [1.54, 1.807) is 19.0 Å². The Kier molecular flexibility index (Phi) is 10.8. The fraction of sp³-hybridized carbons (Fsp3) is 0.882. The van der Waals surface area contributed by atoms with E-state index in [-0.39, 0.29) is 36.4 Å². The lowest BCUT2D eigenvalue weighted by atomic mass is 9.64. The molecule has 0 aromatic rings. The predicted molar refractivity (Wildman–Crippen MR) is 108 cm³/mol. The maximum Gasteiger partial charge on any atom is 0.243 e. The first-order valence-corrected chi connectivity index (χ1v) is 8.61. The van der Waals surface area contributed by atoms with Gasteiger partial charge >= 0.3 is 0 Å². The highest BCUT2D eigenvalue weighted by Crippen LogP contribution is 2.45. The number of halogens is 1. The van der Waals surface area contributed by atoms with E-state index in [1.165, 1.54) is 25.7 Å². The van der Waals surface area contributed by atoms with Crippen LogP contribution in [0.25, 0.3) is 0 Å². The van der Waals surface area contributed by atoms with E-state index in [0.717, 1.165) is 31.4 Å². The maximum absolute atomic E-state index is 11.7. The van der Waals surface area contributed by atoms with Gasteiger partial charge in [0.05, 0.1) is 0 Å². The minimum absolute atomic E-state index is 0. The summed E-state index contributed by atoms with van der Waals surface area (Å²) in [7, 11) is 3.52. The molecule has 5 nitrogen and oxygen atoms in total. The summed E-state index contributed by atoms with van der Waals surface area (Å²) < 4.78 is 0. The molecule has 0 heterocycles. The third-order valence-electron chi connectivity index (χ3n) is 4.30. The molecule has 136 valence electrons. The molecule has 0 saturated heterocycles. The van der Waals surface area contributed by atoms with E-state index in [0.29, 0.717) is 5.41 Å². The number of carbonyl (C=O) groups excluding carboxylic acids is 1. The summed E-state index contributed by atoms with van der Waals surface area (Å²) in [5.41, 5.74) is 0.425. The summed E-state index contributed by atoms with van der Waals surface area (Å²) in [5, 5.41) is 6.77. The van der Waals surface area contributed by atoms with Crippen LogP contribution in [0.5, 0.6) is 0 Å². The summed E-state index contributed by atoms with van der Waals surface area (Å²) in [6.07, 6.45) is 6.24. The molecule has 1 aliphatic rings. The lowest BCUT2D eigenvalue weighted by Gasteiger charge is -2.43. The van der Waals surface area contributed by atoms with Gasteiger partial charge in [0.15, 0.2) is 5.96 Å². The second-order valence-corrected chi connectivity index (χ2v) is 7.18. The first-order valence-electron chi connectivity index (χ1n) is 8.61. The second kappa shape index (κ2) is 11.1. The minimum Gasteiger partial charge on any atom is -0.356 e. The molecule has 6 heteroatoms. The van der Waals surface area contributed by atoms with Crippen LogP contribution in [-0.4, -0.2) is 50.5 Å². The molecule has 1 fully saturated rings. The van der Waals surface area contributed by atoms with Gasteiger partial charge < -0.3 is 15.5 Å². The number of amides is 1. The predicted octanol–water partition coefficient (Wildman–Crippen LogP) is 2.85. The van der Waals surface area contributed by atoms with Crippen LogP contribution in [-0.2, 0) is 4.79 Å². The highest BCUT2D eigenvalue weighted by molar-refractivity contribution is 14.0. The first-order chi connectivity index (χ1) is 10.4. The summed E-state index contributed by atoms with van der Waals surface area (Å²) in [6, 6.07) is 0. The average Bonchev–Trinajstić information content (AvgIpc) is 2.42. The van der Waals surface area contributed by atoms with Crippen molar-refractivity contribution in [3.05, 3.63) is 0 Å². The highest BCUT2D eigenvalue weighted by atomic mass is 127. The Morgan fingerprint density at radius 3 is 2.35 bits per heavy atom. The van der Waals surface area contributed by atoms with Gasteiger partial charge in [-0.2, -0.15) is 0 Å². The lowest BCUT2D eigenvalue weighted by molar-refractivity contribution is -0.127. The fourth-order valence-electron chi connectivity index (χ4n) is 2.97. The largest absolute Gasteiger partial charge is 0.356 e. The van der Waals surface area contributed by atoms with Crippen molar-refractivity contribution in [2.24, 2.45) is 16.3 Å². The zero-order valence-corrected chi connectivity index (χ0v) is 17.8. The molecule has 0 atom stereocenters. The van der Waals surface area contributed by atoms with Gasteiger partial charge in [0.25, 0.3) is 0 Å². The van der Waals surface area contributed by atoms with Crippen LogP contribution in [0.2, 0.25) is 0 Å². The van der Waals surface area contributed by atoms with E-state index in [9.17, 15) is 4.79 Å². The van der Waals surface area contributed by atoms with Crippen LogP contribution in [0.4, 0.5) is 0 Å². The average molecular weight is 438 g/mol. The molecule has 0 spiro atoms. The molecule has 0 unspecified atom stereocenters. The number of nitrogens with zero attached hydrogens (tertiary/aromatic N) is 2. The topological polar surface area (TPSA) is 56.7 Å². The van der Waals surface area contributed by atoms with Gasteiger partial charge in [-0.05, 0) is 37.0 Å². The third-order valence-corrected chi connectivity index (χ3v) is 4.30. The summed E-state index contributed by atoms with van der Waals surface area (Å²) >= 11 is 0. The number of rotatable bonds is 8. The highest BCUT2D eigenvalue weighted by Gasteiger charge is 2.37. The van der Waals surface area contributed by atoms with Gasteiger partial charge in [-0.15, -0.1) is 24.0 Å². The molecule has 0 aliphatic heterocycles. The standard InChI is InChI=1S/C17H34N4O.HI/c1-6-10-18-16(19-12-15(22)21(4)5)20-13-17(8-7-9-17)11-14(2)3;/h14H,6-13H2,1-5H3,(H2,18,19,20);1H. The van der Waals surface area contributed by atoms with Crippen molar-refractivity contribution in [1.29, 1.82) is 0 Å². The van der Waals surface area contributed by atoms with Crippen molar-refractivity contribution in [3.63, 3.8) is 0 Å². The minimum atomic E-state index is 0. The van der Waals surface area contributed by atoms with Gasteiger partial charge in [0.1, 0.15) is 6.54 Å². The Morgan fingerprint density at radius 2 is 1.91 bits per heavy atom. The third kappa shape index (κ3) is 8.22. The molecular formula is C17H35IN4O. The van der Waals surface area contributed by atoms with Gasteiger partial charge in [0, 0.05) is 27.2 Å². The quantitative estimate of drug-likeness (QED) is 0.348. The zero-order chi connectivity index (χ0) is 16.6. The molecule has 0 aromatic heterocycles. The number of hydrogen-bond donors (Lipinski definition) is 2. The van der Waals surface area contributed by atoms with E-state index < -0.39 is 0 Å². The Hall–Kier alpha value is -0.530. The van der Waals surface area contributed by atoms with Crippen molar-refractivity contribution < 1.29 is 4.79 Å². The van der Waals surface area contributed by atoms with Crippen molar-refractivity contribution in [3.8, 4) is 0 Å². The van der Waals surface area contributed by atoms with Gasteiger partial charge in [-0.3, -0.25) is 4.79 Å². The van der Waals surface area contributed by atoms with Gasteiger partial charge in [-0.25, -0.2) is 4.99 Å². The van der Waals surface area contributed by atoms with Crippen molar-refractivity contribution in [1.82, 2.24) is 15.5 Å². The van der Waals surface area contributed by atoms with E-state index in [4.69, 9.17) is 0 Å². The number of guanidine groups is 1. The Balaban J connectivity index is 0.00000484. The molecule has 0 radical (unpaired) electrons. The summed E-state index contributed by atoms with van der Waals surface area (Å²) in [6.45, 7) is 8.74. The van der Waals surface area contributed by atoms with Crippen molar-refractivity contribution in [2.75, 3.05) is 33.7 Å². The van der Waals surface area contributed by atoms with Gasteiger partial charge in [0.2, 0.25) is 5.91 Å². The molecule has 23 heavy (non-hydrogen) atoms. The molecule has 0 bridgehead atoms. The van der Waals surface area contributed by atoms with Crippen LogP contribution in [0.15, 0.2) is 4.99 Å². The molecular weight excluding hydrogens is 403 g/mol. The Labute approximate surface area is 159 Å². The van der Waals surface area contributed by atoms with E-state index in [1.807, 2.05) is 0 Å². The molecule has 0 aromatic carbocycles. The van der Waals surface area contributed by atoms with E-state index >= 15 is 0 Å². The SMILES string of the molecule is CCCNC(=NCC(=O)N(C)C)NCC1(CC(C)C)CCC1.I.